The first kappa shape index (κ1) is 21.0. The van der Waals surface area contributed by atoms with Gasteiger partial charge < -0.3 is 24.9 Å². The predicted octanol–water partition coefficient (Wildman–Crippen LogP) is 4.46. The Kier molecular flexibility index (Phi) is 6.67. The zero-order valence-electron chi connectivity index (χ0n) is 16.7. The van der Waals surface area contributed by atoms with Gasteiger partial charge in [0.2, 0.25) is 0 Å². The molecule has 0 aliphatic rings. The van der Waals surface area contributed by atoms with Crippen LogP contribution in [0.3, 0.4) is 0 Å². The number of aliphatic hydroxyl groups excluding tert-OH is 1. The number of ether oxygens (including phenoxy) is 2. The number of halogens is 1. The van der Waals surface area contributed by atoms with Gasteiger partial charge in [0.1, 0.15) is 11.5 Å². The Morgan fingerprint density at radius 1 is 1.21 bits per heavy atom. The van der Waals surface area contributed by atoms with E-state index in [1.165, 1.54) is 7.11 Å². The molecule has 0 bridgehead atoms. The topological polar surface area (TPSA) is 83.6 Å². The maximum Gasteiger partial charge on any atom is 0.253 e. The average Bonchev–Trinajstić information content (AvgIpc) is 3.17. The lowest BCUT2D eigenvalue weighted by Crippen LogP contribution is -2.30. The number of aromatic amines is 1. The monoisotopic (exact) mass is 416 g/mol. The minimum absolute atomic E-state index is 0.372. The lowest BCUT2D eigenvalue weighted by molar-refractivity contribution is -0.129. The van der Waals surface area contributed by atoms with Gasteiger partial charge in [0.15, 0.2) is 6.10 Å². The Morgan fingerprint density at radius 2 is 1.90 bits per heavy atom. The van der Waals surface area contributed by atoms with E-state index in [0.29, 0.717) is 34.1 Å². The van der Waals surface area contributed by atoms with E-state index in [1.54, 1.807) is 13.2 Å². The van der Waals surface area contributed by atoms with Gasteiger partial charge in [0.25, 0.3) is 5.91 Å². The minimum atomic E-state index is -1.38. The molecular weight excluding hydrogens is 392 g/mol. The van der Waals surface area contributed by atoms with Gasteiger partial charge in [-0.3, -0.25) is 4.79 Å². The zero-order valence-corrected chi connectivity index (χ0v) is 17.5. The molecule has 29 heavy (non-hydrogen) atoms. The number of unbranched alkanes of at least 4 members (excludes halogenated alkanes) is 1. The molecule has 2 aromatic carbocycles. The van der Waals surface area contributed by atoms with Gasteiger partial charge in [0.05, 0.1) is 25.3 Å². The third-order valence-electron chi connectivity index (χ3n) is 4.87. The lowest BCUT2D eigenvalue weighted by atomic mass is 9.98. The smallest absolute Gasteiger partial charge is 0.253 e. The van der Waals surface area contributed by atoms with Crippen LogP contribution in [0.1, 0.15) is 31.4 Å². The quantitative estimate of drug-likeness (QED) is 0.473. The van der Waals surface area contributed by atoms with Crippen LogP contribution >= 0.6 is 11.6 Å². The number of nitrogens with one attached hydrogen (secondary N) is 2. The molecule has 0 saturated heterocycles. The number of H-pyrrole nitrogens is 1. The number of benzene rings is 2. The summed E-state index contributed by atoms with van der Waals surface area (Å²) >= 11 is 6.02. The zero-order chi connectivity index (χ0) is 21.0. The summed E-state index contributed by atoms with van der Waals surface area (Å²) in [5, 5.41) is 15.0. The number of aromatic nitrogens is 1. The van der Waals surface area contributed by atoms with Crippen molar-refractivity contribution in [3.05, 3.63) is 47.1 Å². The molecule has 3 aromatic rings. The number of fused-ring (bicyclic) bond motifs is 1. The molecule has 0 fully saturated rings. The molecule has 1 atom stereocenters. The van der Waals surface area contributed by atoms with Gasteiger partial charge in [-0.25, -0.2) is 0 Å². The summed E-state index contributed by atoms with van der Waals surface area (Å²) in [6.45, 7) is 2.55. The van der Waals surface area contributed by atoms with Crippen molar-refractivity contribution < 1.29 is 19.4 Å². The Balaban J connectivity index is 2.14. The van der Waals surface area contributed by atoms with Gasteiger partial charge in [-0.15, -0.1) is 0 Å². The van der Waals surface area contributed by atoms with Crippen molar-refractivity contribution in [3.8, 4) is 22.6 Å². The highest BCUT2D eigenvalue weighted by Crippen LogP contribution is 2.43. The molecule has 3 N–H and O–H groups in total. The average molecular weight is 417 g/mol. The van der Waals surface area contributed by atoms with Gasteiger partial charge in [-0.1, -0.05) is 37.1 Å². The van der Waals surface area contributed by atoms with Crippen molar-refractivity contribution in [1.29, 1.82) is 0 Å². The van der Waals surface area contributed by atoms with E-state index in [0.717, 1.165) is 29.4 Å². The Morgan fingerprint density at radius 3 is 2.52 bits per heavy atom. The molecule has 6 nitrogen and oxygen atoms in total. The van der Waals surface area contributed by atoms with Crippen molar-refractivity contribution in [3.63, 3.8) is 0 Å². The van der Waals surface area contributed by atoms with Crippen LogP contribution in [0.5, 0.6) is 11.5 Å². The SMILES string of the molecule is CCCCNC(=O)C(O)c1c(OC)cc(OC)c2c(-c3ccc(Cl)cc3)c[nH]c12. The summed E-state index contributed by atoms with van der Waals surface area (Å²) in [6.07, 6.45) is 2.23. The van der Waals surface area contributed by atoms with Crippen molar-refractivity contribution in [1.82, 2.24) is 10.3 Å². The first-order valence-corrected chi connectivity index (χ1v) is 9.87. The molecular formula is C22H25ClN2O4. The molecule has 1 heterocycles. The van der Waals surface area contributed by atoms with Crippen molar-refractivity contribution in [2.75, 3.05) is 20.8 Å². The van der Waals surface area contributed by atoms with Crippen LogP contribution in [0, 0.1) is 0 Å². The molecule has 1 unspecified atom stereocenters. The Bertz CT molecular complexity index is 998. The fourth-order valence-corrected chi connectivity index (χ4v) is 3.48. The molecule has 0 spiro atoms. The normalized spacial score (nSPS) is 12.0. The summed E-state index contributed by atoms with van der Waals surface area (Å²) in [7, 11) is 3.06. The van der Waals surface area contributed by atoms with E-state index in [2.05, 4.69) is 10.3 Å². The highest BCUT2D eigenvalue weighted by Gasteiger charge is 2.27. The van der Waals surface area contributed by atoms with Crippen LogP contribution < -0.4 is 14.8 Å². The number of methoxy groups -OCH3 is 2. The van der Waals surface area contributed by atoms with E-state index in [1.807, 2.05) is 37.4 Å². The van der Waals surface area contributed by atoms with Crippen LogP contribution in [0.4, 0.5) is 0 Å². The van der Waals surface area contributed by atoms with Gasteiger partial charge in [-0.2, -0.15) is 0 Å². The number of amides is 1. The Hall–Kier alpha value is -2.70. The van der Waals surface area contributed by atoms with Crippen LogP contribution in [0.2, 0.25) is 5.02 Å². The van der Waals surface area contributed by atoms with Crippen molar-refractivity contribution in [2.24, 2.45) is 0 Å². The first-order chi connectivity index (χ1) is 14.0. The number of hydrogen-bond donors (Lipinski definition) is 3. The number of carbonyl (C=O) groups is 1. The van der Waals surface area contributed by atoms with Gasteiger partial charge >= 0.3 is 0 Å². The van der Waals surface area contributed by atoms with E-state index in [-0.39, 0.29) is 0 Å². The van der Waals surface area contributed by atoms with Gasteiger partial charge in [0, 0.05) is 34.8 Å². The summed E-state index contributed by atoms with van der Waals surface area (Å²) in [5.74, 6) is 0.480. The molecule has 3 rings (SSSR count). The fourth-order valence-electron chi connectivity index (χ4n) is 3.36. The highest BCUT2D eigenvalue weighted by molar-refractivity contribution is 6.30. The minimum Gasteiger partial charge on any atom is -0.496 e. The summed E-state index contributed by atoms with van der Waals surface area (Å²) in [4.78, 5) is 15.7. The molecule has 154 valence electrons. The molecule has 1 amide bonds. The first-order valence-electron chi connectivity index (χ1n) is 9.49. The largest absolute Gasteiger partial charge is 0.496 e. The second-order valence-electron chi connectivity index (χ2n) is 6.70. The second-order valence-corrected chi connectivity index (χ2v) is 7.14. The van der Waals surface area contributed by atoms with E-state index in [4.69, 9.17) is 21.1 Å². The Labute approximate surface area is 174 Å². The maximum atomic E-state index is 12.5. The number of aliphatic hydroxyl groups is 1. The van der Waals surface area contributed by atoms with Crippen LogP contribution in [-0.4, -0.2) is 36.8 Å². The van der Waals surface area contributed by atoms with Gasteiger partial charge in [-0.05, 0) is 24.1 Å². The van der Waals surface area contributed by atoms with E-state index < -0.39 is 12.0 Å². The number of hydrogen-bond acceptors (Lipinski definition) is 4. The predicted molar refractivity (Wildman–Crippen MR) is 115 cm³/mol. The molecule has 0 saturated carbocycles. The van der Waals surface area contributed by atoms with E-state index >= 15 is 0 Å². The standard InChI is InChI=1S/C22H25ClN2O4/c1-4-5-10-24-22(27)21(26)19-17(29-3)11-16(28-2)18-15(12-25-20(18)19)13-6-8-14(23)9-7-13/h6-9,11-12,21,25-26H,4-5,10H2,1-3H3,(H,24,27). The van der Waals surface area contributed by atoms with Crippen molar-refractivity contribution >= 4 is 28.4 Å². The molecule has 0 aliphatic heterocycles. The summed E-state index contributed by atoms with van der Waals surface area (Å²) < 4.78 is 11.0. The van der Waals surface area contributed by atoms with E-state index in [9.17, 15) is 9.90 Å². The molecule has 0 radical (unpaired) electrons. The third kappa shape index (κ3) is 4.18. The number of rotatable bonds is 8. The lowest BCUT2D eigenvalue weighted by Gasteiger charge is -2.18. The fraction of sp³-hybridized carbons (Fsp3) is 0.318. The third-order valence-corrected chi connectivity index (χ3v) is 5.12. The number of carbonyl (C=O) groups excluding carboxylic acids is 1. The van der Waals surface area contributed by atoms with Crippen LogP contribution in [-0.2, 0) is 4.79 Å². The molecule has 1 aromatic heterocycles. The highest BCUT2D eigenvalue weighted by atomic mass is 35.5. The van der Waals surface area contributed by atoms with Crippen LogP contribution in [0.15, 0.2) is 36.5 Å². The molecule has 0 aliphatic carbocycles. The molecule has 7 heteroatoms. The summed E-state index contributed by atoms with van der Waals surface area (Å²) in [5.41, 5.74) is 2.76. The second kappa shape index (κ2) is 9.20. The van der Waals surface area contributed by atoms with Crippen LogP contribution in [0.25, 0.3) is 22.0 Å². The maximum absolute atomic E-state index is 12.5. The summed E-state index contributed by atoms with van der Waals surface area (Å²) in [6, 6.07) is 9.11. The van der Waals surface area contributed by atoms with Crippen molar-refractivity contribution in [2.45, 2.75) is 25.9 Å².